The van der Waals surface area contributed by atoms with E-state index in [0.717, 1.165) is 35.1 Å². The van der Waals surface area contributed by atoms with Crippen molar-refractivity contribution in [1.29, 1.82) is 0 Å². The molecule has 0 aliphatic carbocycles. The Labute approximate surface area is 317 Å². The quantitative estimate of drug-likeness (QED) is 0.0410. The molecule has 6 aromatic rings. The summed E-state index contributed by atoms with van der Waals surface area (Å²) in [6.45, 7) is 7.79. The van der Waals surface area contributed by atoms with E-state index in [4.69, 9.17) is 11.5 Å². The molecule has 7 N–H and O–H groups in total. The normalized spacial score (nSPS) is 11.3. The van der Waals surface area contributed by atoms with Crippen molar-refractivity contribution in [2.75, 3.05) is 0 Å². The van der Waals surface area contributed by atoms with Gasteiger partial charge in [0.15, 0.2) is 5.84 Å². The minimum Gasteiger partial charge on any atom is -0.508 e. The number of thiophene rings is 1. The van der Waals surface area contributed by atoms with Gasteiger partial charge in [0.1, 0.15) is 23.1 Å². The molecule has 1 heterocycles. The number of primary amides is 1. The number of amides is 1. The topological polar surface area (TPSA) is 142 Å². The summed E-state index contributed by atoms with van der Waals surface area (Å²) in [5.41, 5.74) is 20.0. The van der Waals surface area contributed by atoms with Crippen molar-refractivity contribution in [3.8, 4) is 56.0 Å². The van der Waals surface area contributed by atoms with E-state index in [1.807, 2.05) is 62.7 Å². The second-order valence-corrected chi connectivity index (χ2v) is 13.8. The van der Waals surface area contributed by atoms with Crippen LogP contribution in [0.5, 0.6) is 11.5 Å². The summed E-state index contributed by atoms with van der Waals surface area (Å²) < 4.78 is 31.1. The number of amidine groups is 1. The van der Waals surface area contributed by atoms with Crippen LogP contribution in [0.1, 0.15) is 64.9 Å². The number of nitrogens with two attached hydrogens (primary N) is 2. The third-order valence-corrected chi connectivity index (χ3v) is 10.1. The van der Waals surface area contributed by atoms with Crippen molar-refractivity contribution in [2.24, 2.45) is 16.6 Å². The average molecular weight is 748 g/mol. The zero-order valence-corrected chi connectivity index (χ0v) is 31.4. The lowest BCUT2D eigenvalue weighted by atomic mass is 9.85. The van der Waals surface area contributed by atoms with Crippen LogP contribution in [0.25, 0.3) is 44.5 Å². The van der Waals surface area contributed by atoms with E-state index in [2.05, 4.69) is 5.16 Å². The maximum Gasteiger partial charge on any atom is 0.249 e. The van der Waals surface area contributed by atoms with Gasteiger partial charge in [-0.1, -0.05) is 80.4 Å². The first-order valence-corrected chi connectivity index (χ1v) is 18.5. The molecule has 5 aromatic carbocycles. The van der Waals surface area contributed by atoms with Gasteiger partial charge in [-0.2, -0.15) is 11.3 Å². The van der Waals surface area contributed by atoms with E-state index in [1.54, 1.807) is 36.4 Å². The van der Waals surface area contributed by atoms with Crippen LogP contribution in [0.15, 0.2) is 101 Å². The molecule has 0 aliphatic heterocycles. The van der Waals surface area contributed by atoms with Crippen molar-refractivity contribution in [1.82, 2.24) is 0 Å². The van der Waals surface area contributed by atoms with Gasteiger partial charge >= 0.3 is 0 Å². The summed E-state index contributed by atoms with van der Waals surface area (Å²) in [7, 11) is 0. The fourth-order valence-corrected chi connectivity index (χ4v) is 7.45. The Morgan fingerprint density at radius 3 is 1.57 bits per heavy atom. The van der Waals surface area contributed by atoms with Crippen LogP contribution in [-0.2, 0) is 12.8 Å². The molecule has 1 amide bonds. The first kappa shape index (κ1) is 39.2. The third kappa shape index (κ3) is 8.14. The first-order chi connectivity index (χ1) is 25.9. The third-order valence-electron chi connectivity index (χ3n) is 9.22. The minimum atomic E-state index is -0.592. The van der Waals surface area contributed by atoms with E-state index in [9.17, 15) is 20.2 Å². The monoisotopic (exact) mass is 747 g/mol. The molecule has 0 unspecified atom stereocenters. The van der Waals surface area contributed by atoms with E-state index < -0.39 is 5.91 Å². The van der Waals surface area contributed by atoms with Gasteiger partial charge in [0.05, 0.1) is 0 Å². The number of aromatic hydroxyl groups is 2. The maximum atomic E-state index is 15.6. The van der Waals surface area contributed by atoms with Gasteiger partial charge in [0, 0.05) is 33.4 Å². The number of hydrogen-bond donors (Lipinski definition) is 5. The zero-order valence-electron chi connectivity index (χ0n) is 30.6. The summed E-state index contributed by atoms with van der Waals surface area (Å²) in [6.07, 6.45) is 2.54. The molecule has 0 saturated heterocycles. The second kappa shape index (κ2) is 17.2. The van der Waals surface area contributed by atoms with Crippen molar-refractivity contribution >= 4 is 23.1 Å². The number of hydrogen-bond acceptors (Lipinski definition) is 6. The summed E-state index contributed by atoms with van der Waals surface area (Å²) in [5.74, 6) is -1.13. The number of rotatable bonds is 10. The van der Waals surface area contributed by atoms with Crippen molar-refractivity contribution in [2.45, 2.75) is 53.4 Å². The van der Waals surface area contributed by atoms with Gasteiger partial charge < -0.3 is 26.9 Å². The fourth-order valence-electron chi connectivity index (χ4n) is 6.61. The summed E-state index contributed by atoms with van der Waals surface area (Å²) in [5, 5.41) is 35.6. The molecular formula is C44H43F2N3O4S. The number of aryl methyl sites for hydroxylation is 4. The predicted molar refractivity (Wildman–Crippen MR) is 214 cm³/mol. The van der Waals surface area contributed by atoms with E-state index >= 15 is 8.78 Å². The largest absolute Gasteiger partial charge is 0.508 e. The highest BCUT2D eigenvalue weighted by Crippen LogP contribution is 2.43. The Balaban J connectivity index is 0.000000208. The number of nitrogens with zero attached hydrogens (tertiary/aromatic N) is 1. The lowest BCUT2D eigenvalue weighted by Crippen LogP contribution is -2.16. The molecule has 278 valence electrons. The number of carbonyl (C=O) groups excluding carboxylic acids is 1. The Morgan fingerprint density at radius 2 is 1.15 bits per heavy atom. The van der Waals surface area contributed by atoms with Gasteiger partial charge in [-0.25, -0.2) is 8.78 Å². The molecule has 54 heavy (non-hydrogen) atoms. The molecule has 0 radical (unpaired) electrons. The predicted octanol–water partition coefficient (Wildman–Crippen LogP) is 10.5. The molecule has 0 atom stereocenters. The number of carbonyl (C=O) groups is 1. The number of phenols is 2. The van der Waals surface area contributed by atoms with Crippen LogP contribution in [0, 0.1) is 25.5 Å². The van der Waals surface area contributed by atoms with E-state index in [1.165, 1.54) is 35.6 Å². The number of benzene rings is 5. The highest BCUT2D eigenvalue weighted by atomic mass is 32.1. The lowest BCUT2D eigenvalue weighted by Gasteiger charge is -2.19. The van der Waals surface area contributed by atoms with Gasteiger partial charge in [-0.3, -0.25) is 4.79 Å². The van der Waals surface area contributed by atoms with Crippen molar-refractivity contribution < 1.29 is 29.0 Å². The molecule has 0 aliphatic rings. The molecule has 7 nitrogen and oxygen atoms in total. The van der Waals surface area contributed by atoms with Gasteiger partial charge in [-0.05, 0) is 118 Å². The zero-order chi connectivity index (χ0) is 39.1. The second-order valence-electron chi connectivity index (χ2n) is 13.0. The molecule has 0 spiro atoms. The van der Waals surface area contributed by atoms with Crippen LogP contribution in [-0.4, -0.2) is 27.2 Å². The van der Waals surface area contributed by atoms with E-state index in [0.29, 0.717) is 68.5 Å². The Kier molecular flexibility index (Phi) is 12.5. The van der Waals surface area contributed by atoms with Crippen LogP contribution in [0.3, 0.4) is 0 Å². The van der Waals surface area contributed by atoms with Crippen molar-refractivity contribution in [3.05, 3.63) is 141 Å². The Bertz CT molecular complexity index is 2320. The van der Waals surface area contributed by atoms with Crippen molar-refractivity contribution in [3.63, 3.8) is 0 Å². The van der Waals surface area contributed by atoms with Crippen LogP contribution < -0.4 is 11.5 Å². The molecule has 0 saturated carbocycles. The number of halogens is 2. The molecule has 6 rings (SSSR count). The standard InChI is InChI=1S/C23H22FNO2.C21H21FN2O2S/c1-3-6-16-13-19(23(25)27)21(18-8-5-4-7-14(18)2)20(22(16)24)15-9-11-17(26)12-10-15;1-3-4-14-9-16(21(23)24-26)19(17-11-27-10-12(17)2)18(20(14)22)13-5-7-15(25)8-6-13/h4-5,7-13,26H,3,6H2,1-2H3,(H2,25,27);5-11,25-26H,3-4H2,1-2H3,(H2,23,24). The first-order valence-electron chi connectivity index (χ1n) is 17.6. The van der Waals surface area contributed by atoms with Crippen LogP contribution in [0.4, 0.5) is 8.78 Å². The highest BCUT2D eigenvalue weighted by Gasteiger charge is 2.25. The van der Waals surface area contributed by atoms with Crippen LogP contribution >= 0.6 is 11.3 Å². The van der Waals surface area contributed by atoms with Gasteiger partial charge in [-0.15, -0.1) is 0 Å². The molecule has 0 bridgehead atoms. The number of phenolic OH excluding ortho intramolecular Hbond substituents is 2. The fraction of sp³-hybridized carbons (Fsp3) is 0.182. The van der Waals surface area contributed by atoms with Crippen LogP contribution in [0.2, 0.25) is 0 Å². The SMILES string of the molecule is CCCc1cc(C(N)=NO)c(-c2cscc2C)c(-c2ccc(O)cc2)c1F.CCCc1cc(C(N)=O)c(-c2ccccc2C)c(-c2ccc(O)cc2)c1F. The molecule has 0 fully saturated rings. The van der Waals surface area contributed by atoms with Gasteiger partial charge in [0.25, 0.3) is 0 Å². The average Bonchev–Trinajstić information content (AvgIpc) is 3.59. The number of oxime groups is 1. The van der Waals surface area contributed by atoms with Gasteiger partial charge in [0.2, 0.25) is 5.91 Å². The smallest absolute Gasteiger partial charge is 0.249 e. The minimum absolute atomic E-state index is 0.0621. The van der Waals surface area contributed by atoms with E-state index in [-0.39, 0.29) is 29.0 Å². The summed E-state index contributed by atoms with van der Waals surface area (Å²) in [6, 6.07) is 23.5. The lowest BCUT2D eigenvalue weighted by molar-refractivity contribution is 0.100. The Hall–Kier alpha value is -6.00. The Morgan fingerprint density at radius 1 is 0.667 bits per heavy atom. The summed E-state index contributed by atoms with van der Waals surface area (Å²) >= 11 is 1.51. The molecule has 1 aromatic heterocycles. The summed E-state index contributed by atoms with van der Waals surface area (Å²) in [4.78, 5) is 12.3. The molecule has 10 heteroatoms. The maximum absolute atomic E-state index is 15.6. The molecular weight excluding hydrogens is 705 g/mol. The highest BCUT2D eigenvalue weighted by molar-refractivity contribution is 7.08.